The highest BCUT2D eigenvalue weighted by Gasteiger charge is 2.41. The molecule has 0 aliphatic heterocycles. The van der Waals surface area contributed by atoms with Crippen LogP contribution in [0, 0.1) is 17.0 Å². The Bertz CT molecular complexity index is 919. The highest BCUT2D eigenvalue weighted by atomic mass is 19.4. The standard InChI is InChI=1S/C13H8F6N4O4/c1-5-9(13(17,18)19)22(11(20)24)21-10(5)27-8-3-2-6(12(14,15)16)4-7(8)23(25)26/h2-4H,1H3,(H2,20,24). The summed E-state index contributed by atoms with van der Waals surface area (Å²) in [5.74, 6) is -1.69. The van der Waals surface area contributed by atoms with Crippen molar-refractivity contribution in [3.05, 3.63) is 45.1 Å². The molecule has 2 rings (SSSR count). The van der Waals surface area contributed by atoms with Crippen molar-refractivity contribution in [1.82, 2.24) is 9.78 Å². The van der Waals surface area contributed by atoms with E-state index in [1.165, 1.54) is 0 Å². The zero-order valence-electron chi connectivity index (χ0n) is 13.1. The van der Waals surface area contributed by atoms with E-state index in [9.17, 15) is 41.3 Å². The van der Waals surface area contributed by atoms with E-state index in [1.807, 2.05) is 0 Å². The topological polar surface area (TPSA) is 113 Å². The predicted molar refractivity (Wildman–Crippen MR) is 75.1 cm³/mol. The van der Waals surface area contributed by atoms with Gasteiger partial charge >= 0.3 is 24.1 Å². The Hall–Kier alpha value is -3.32. The second kappa shape index (κ2) is 6.44. The molecule has 27 heavy (non-hydrogen) atoms. The first-order valence-electron chi connectivity index (χ1n) is 6.73. The molecule has 0 fully saturated rings. The number of amides is 1. The van der Waals surface area contributed by atoms with Gasteiger partial charge in [-0.2, -0.15) is 31.0 Å². The monoisotopic (exact) mass is 398 g/mol. The molecule has 0 saturated heterocycles. The molecule has 2 aromatic rings. The van der Waals surface area contributed by atoms with Crippen LogP contribution in [0.25, 0.3) is 0 Å². The van der Waals surface area contributed by atoms with Gasteiger partial charge in [-0.15, -0.1) is 5.10 Å². The van der Waals surface area contributed by atoms with Gasteiger partial charge in [-0.25, -0.2) is 4.79 Å². The van der Waals surface area contributed by atoms with Crippen molar-refractivity contribution in [2.45, 2.75) is 19.3 Å². The van der Waals surface area contributed by atoms with Crippen LogP contribution in [0.4, 0.5) is 36.8 Å². The van der Waals surface area contributed by atoms with Crippen LogP contribution in [0.1, 0.15) is 16.8 Å². The van der Waals surface area contributed by atoms with Gasteiger partial charge < -0.3 is 10.5 Å². The van der Waals surface area contributed by atoms with Gasteiger partial charge in [0.25, 0.3) is 0 Å². The van der Waals surface area contributed by atoms with Crippen molar-refractivity contribution < 1.29 is 40.8 Å². The lowest BCUT2D eigenvalue weighted by molar-refractivity contribution is -0.385. The van der Waals surface area contributed by atoms with Gasteiger partial charge in [-0.05, 0) is 19.1 Å². The molecule has 14 heteroatoms. The first-order valence-corrected chi connectivity index (χ1v) is 6.73. The molecule has 1 heterocycles. The van der Waals surface area contributed by atoms with Gasteiger partial charge in [-0.3, -0.25) is 10.1 Å². The van der Waals surface area contributed by atoms with E-state index in [1.54, 1.807) is 0 Å². The van der Waals surface area contributed by atoms with E-state index in [0.717, 1.165) is 6.92 Å². The van der Waals surface area contributed by atoms with Gasteiger partial charge in [0.1, 0.15) is 0 Å². The van der Waals surface area contributed by atoms with Crippen molar-refractivity contribution in [2.75, 3.05) is 0 Å². The number of halogens is 6. The molecular weight excluding hydrogens is 390 g/mol. The van der Waals surface area contributed by atoms with E-state index in [-0.39, 0.29) is 10.7 Å². The Morgan fingerprint density at radius 3 is 2.22 bits per heavy atom. The number of hydrogen-bond donors (Lipinski definition) is 1. The van der Waals surface area contributed by atoms with E-state index in [4.69, 9.17) is 10.5 Å². The first-order chi connectivity index (χ1) is 12.2. The average Bonchev–Trinajstić information content (AvgIpc) is 2.83. The van der Waals surface area contributed by atoms with Crippen LogP contribution in [0.2, 0.25) is 0 Å². The number of carbonyl (C=O) groups excluding carboxylic acids is 1. The number of nitro benzene ring substituents is 1. The van der Waals surface area contributed by atoms with Crippen molar-refractivity contribution in [2.24, 2.45) is 5.73 Å². The molecule has 0 bridgehead atoms. The highest BCUT2D eigenvalue weighted by molar-refractivity contribution is 5.75. The minimum atomic E-state index is -5.07. The molecular formula is C13H8F6N4O4. The van der Waals surface area contributed by atoms with Crippen LogP contribution in [0.3, 0.4) is 0 Å². The smallest absolute Gasteiger partial charge is 0.430 e. The third-order valence-electron chi connectivity index (χ3n) is 3.25. The molecule has 0 saturated carbocycles. The van der Waals surface area contributed by atoms with Crippen molar-refractivity contribution in [3.8, 4) is 11.6 Å². The SMILES string of the molecule is Cc1c(Oc2ccc(C(F)(F)F)cc2[N+](=O)[O-])nn(C(N)=O)c1C(F)(F)F. The number of nitrogens with zero attached hydrogens (tertiary/aromatic N) is 3. The fourth-order valence-corrected chi connectivity index (χ4v) is 2.09. The number of aromatic nitrogens is 2. The summed E-state index contributed by atoms with van der Waals surface area (Å²) in [4.78, 5) is 20.9. The molecule has 0 atom stereocenters. The molecule has 1 amide bonds. The van der Waals surface area contributed by atoms with Crippen LogP contribution in [0.15, 0.2) is 18.2 Å². The normalized spacial score (nSPS) is 12.1. The van der Waals surface area contributed by atoms with Crippen molar-refractivity contribution >= 4 is 11.7 Å². The van der Waals surface area contributed by atoms with Crippen LogP contribution < -0.4 is 10.5 Å². The van der Waals surface area contributed by atoms with Gasteiger partial charge in [-0.1, -0.05) is 0 Å². The quantitative estimate of drug-likeness (QED) is 0.479. The molecule has 8 nitrogen and oxygen atoms in total. The summed E-state index contributed by atoms with van der Waals surface area (Å²) < 4.78 is 81.9. The molecule has 0 radical (unpaired) electrons. The summed E-state index contributed by atoms with van der Waals surface area (Å²) in [6, 6.07) is -0.465. The number of rotatable bonds is 3. The fraction of sp³-hybridized carbons (Fsp3) is 0.231. The molecule has 0 spiro atoms. The van der Waals surface area contributed by atoms with Crippen LogP contribution in [0.5, 0.6) is 11.6 Å². The van der Waals surface area contributed by atoms with Crippen LogP contribution in [-0.2, 0) is 12.4 Å². The van der Waals surface area contributed by atoms with Crippen molar-refractivity contribution in [3.63, 3.8) is 0 Å². The van der Waals surface area contributed by atoms with Gasteiger partial charge in [0.15, 0.2) is 5.69 Å². The minimum Gasteiger partial charge on any atom is -0.430 e. The second-order valence-corrected chi connectivity index (χ2v) is 5.07. The molecule has 0 aliphatic carbocycles. The third-order valence-corrected chi connectivity index (χ3v) is 3.25. The summed E-state index contributed by atoms with van der Waals surface area (Å²) >= 11 is 0. The Morgan fingerprint density at radius 1 is 1.22 bits per heavy atom. The third kappa shape index (κ3) is 3.93. The summed E-state index contributed by atoms with van der Waals surface area (Å²) in [5, 5.41) is 14.2. The number of carbonyl (C=O) groups is 1. The Labute approximate surface area is 145 Å². The largest absolute Gasteiger partial charge is 0.434 e. The first kappa shape index (κ1) is 20.0. The minimum absolute atomic E-state index is 0.153. The average molecular weight is 398 g/mol. The maximum Gasteiger partial charge on any atom is 0.434 e. The van der Waals surface area contributed by atoms with Gasteiger partial charge in [0, 0.05) is 11.6 Å². The number of nitro groups is 1. The molecule has 1 aromatic heterocycles. The Morgan fingerprint density at radius 2 is 1.81 bits per heavy atom. The second-order valence-electron chi connectivity index (χ2n) is 5.07. The van der Waals surface area contributed by atoms with Crippen molar-refractivity contribution in [1.29, 1.82) is 0 Å². The summed E-state index contributed by atoms with van der Waals surface area (Å²) in [7, 11) is 0. The lowest BCUT2D eigenvalue weighted by Crippen LogP contribution is -2.27. The fourth-order valence-electron chi connectivity index (χ4n) is 2.09. The predicted octanol–water partition coefficient (Wildman–Crippen LogP) is 3.86. The van der Waals surface area contributed by atoms with E-state index in [0.29, 0.717) is 12.1 Å². The number of alkyl halides is 6. The molecule has 2 N–H and O–H groups in total. The summed E-state index contributed by atoms with van der Waals surface area (Å²) in [6.07, 6.45) is -9.96. The molecule has 1 aromatic carbocycles. The zero-order valence-corrected chi connectivity index (χ0v) is 13.1. The Kier molecular flexibility index (Phi) is 4.77. The van der Waals surface area contributed by atoms with E-state index >= 15 is 0 Å². The highest BCUT2D eigenvalue weighted by Crippen LogP contribution is 2.40. The van der Waals surface area contributed by atoms with Crippen LogP contribution in [-0.4, -0.2) is 20.7 Å². The molecule has 146 valence electrons. The maximum absolute atomic E-state index is 13.1. The summed E-state index contributed by atoms with van der Waals surface area (Å²) in [5.41, 5.74) is -0.0433. The molecule has 0 unspecified atom stereocenters. The number of benzene rings is 1. The van der Waals surface area contributed by atoms with E-state index in [2.05, 4.69) is 5.10 Å². The number of nitrogens with two attached hydrogens (primary N) is 1. The van der Waals surface area contributed by atoms with Crippen LogP contribution >= 0.6 is 0 Å². The Balaban J connectivity index is 2.58. The lowest BCUT2D eigenvalue weighted by Gasteiger charge is -2.09. The number of hydrogen-bond acceptors (Lipinski definition) is 5. The van der Waals surface area contributed by atoms with E-state index < -0.39 is 57.4 Å². The van der Waals surface area contributed by atoms with Gasteiger partial charge in [0.05, 0.1) is 10.5 Å². The summed E-state index contributed by atoms with van der Waals surface area (Å²) in [6.45, 7) is 0.848. The lowest BCUT2D eigenvalue weighted by atomic mass is 10.2. The van der Waals surface area contributed by atoms with Gasteiger partial charge in [0.2, 0.25) is 11.6 Å². The zero-order chi connectivity index (χ0) is 20.7. The maximum atomic E-state index is 13.1. The number of ether oxygens (including phenoxy) is 1. The number of primary amides is 1. The molecule has 0 aliphatic rings.